The second kappa shape index (κ2) is 9.88. The van der Waals surface area contributed by atoms with Crippen molar-refractivity contribution in [2.75, 3.05) is 16.4 Å². The maximum absolute atomic E-state index is 13.2. The lowest BCUT2D eigenvalue weighted by Gasteiger charge is -2.27. The Morgan fingerprint density at radius 1 is 1.14 bits per heavy atom. The van der Waals surface area contributed by atoms with E-state index in [1.807, 2.05) is 31.2 Å². The summed E-state index contributed by atoms with van der Waals surface area (Å²) in [7, 11) is -3.25. The number of amides is 1. The molecular formula is C26H22ClFN2O4S2. The average Bonchev–Trinajstić information content (AvgIpc) is 3.27. The molecule has 1 amide bonds. The molecule has 0 aliphatic carbocycles. The maximum atomic E-state index is 13.2. The summed E-state index contributed by atoms with van der Waals surface area (Å²) in [6.45, 7) is 1.96. The number of hydrogen-bond donors (Lipinski definition) is 0. The number of hydrogen-bond acceptors (Lipinski definition) is 5. The third-order valence-corrected chi connectivity index (χ3v) is 9.40. The standard InChI is InChI=1S/C26H22ClFN2O4S2/c1-16-3-2-4-20(11-16)34-23-10-7-18(27)13-21(23)30-22-14-36(32,33)15-24(22)35-26(30)29-25(31)12-17-5-8-19(28)9-6-17/h2-11,13,22,24H,12,14-15H2,1H3/t22-,24-/m1/s1. The number of sulfone groups is 1. The zero-order valence-corrected chi connectivity index (χ0v) is 21.6. The number of rotatable bonds is 5. The fourth-order valence-electron chi connectivity index (χ4n) is 4.34. The van der Waals surface area contributed by atoms with Gasteiger partial charge in [-0.2, -0.15) is 4.99 Å². The number of thioether (sulfide) groups is 1. The molecule has 0 bridgehead atoms. The Labute approximate surface area is 218 Å². The van der Waals surface area contributed by atoms with Crippen molar-refractivity contribution < 1.29 is 22.3 Å². The lowest BCUT2D eigenvalue weighted by molar-refractivity contribution is -0.117. The summed E-state index contributed by atoms with van der Waals surface area (Å²) in [5.41, 5.74) is 2.19. The normalized spacial score (nSPS) is 21.5. The summed E-state index contributed by atoms with van der Waals surface area (Å²) in [6.07, 6.45) is -0.00595. The van der Waals surface area contributed by atoms with E-state index in [-0.39, 0.29) is 29.0 Å². The van der Waals surface area contributed by atoms with Gasteiger partial charge in [0.25, 0.3) is 5.91 Å². The molecule has 6 nitrogen and oxygen atoms in total. The van der Waals surface area contributed by atoms with E-state index >= 15 is 0 Å². The van der Waals surface area contributed by atoms with Crippen LogP contribution in [-0.2, 0) is 21.1 Å². The number of carbonyl (C=O) groups excluding carboxylic acids is 1. The second-order valence-electron chi connectivity index (χ2n) is 8.79. The maximum Gasteiger partial charge on any atom is 0.252 e. The van der Waals surface area contributed by atoms with Crippen molar-refractivity contribution in [1.82, 2.24) is 0 Å². The van der Waals surface area contributed by atoms with Gasteiger partial charge in [-0.1, -0.05) is 47.6 Å². The molecule has 2 saturated heterocycles. The highest BCUT2D eigenvalue weighted by atomic mass is 35.5. The SMILES string of the molecule is Cc1cccc(Oc2ccc(Cl)cc2N2C(=NC(=O)Cc3ccc(F)cc3)S[C@@H]3CS(=O)(=O)C[C@H]32)c1. The summed E-state index contributed by atoms with van der Waals surface area (Å²) >= 11 is 7.62. The van der Waals surface area contributed by atoms with Crippen molar-refractivity contribution in [3.63, 3.8) is 0 Å². The minimum atomic E-state index is -3.25. The van der Waals surface area contributed by atoms with Crippen molar-refractivity contribution in [2.24, 2.45) is 4.99 Å². The van der Waals surface area contributed by atoms with E-state index in [0.717, 1.165) is 5.56 Å². The van der Waals surface area contributed by atoms with E-state index in [4.69, 9.17) is 16.3 Å². The van der Waals surface area contributed by atoms with Crippen LogP contribution in [-0.4, -0.2) is 42.3 Å². The summed E-state index contributed by atoms with van der Waals surface area (Å²) in [4.78, 5) is 19.0. The number of amidine groups is 1. The van der Waals surface area contributed by atoms with E-state index in [0.29, 0.717) is 32.9 Å². The molecule has 186 valence electrons. The Morgan fingerprint density at radius 2 is 1.92 bits per heavy atom. The molecule has 0 saturated carbocycles. The predicted molar refractivity (Wildman–Crippen MR) is 142 cm³/mol. The van der Waals surface area contributed by atoms with Gasteiger partial charge >= 0.3 is 0 Å². The molecule has 10 heteroatoms. The van der Waals surface area contributed by atoms with Crippen molar-refractivity contribution in [2.45, 2.75) is 24.6 Å². The van der Waals surface area contributed by atoms with Gasteiger partial charge in [0, 0.05) is 10.3 Å². The van der Waals surface area contributed by atoms with Crippen LogP contribution in [0.4, 0.5) is 10.1 Å². The zero-order valence-electron chi connectivity index (χ0n) is 19.2. The van der Waals surface area contributed by atoms with Gasteiger partial charge in [0.2, 0.25) is 0 Å². The molecule has 0 aromatic heterocycles. The second-order valence-corrected chi connectivity index (χ2v) is 12.6. The first-order valence-electron chi connectivity index (χ1n) is 11.2. The summed E-state index contributed by atoms with van der Waals surface area (Å²) in [5, 5.41) is 0.550. The minimum Gasteiger partial charge on any atom is -0.455 e. The first-order chi connectivity index (χ1) is 17.2. The number of fused-ring (bicyclic) bond motifs is 1. The molecule has 0 radical (unpaired) electrons. The first-order valence-corrected chi connectivity index (χ1v) is 14.3. The van der Waals surface area contributed by atoms with Crippen LogP contribution in [0, 0.1) is 12.7 Å². The zero-order chi connectivity index (χ0) is 25.4. The molecule has 2 fully saturated rings. The van der Waals surface area contributed by atoms with Gasteiger partial charge in [0.05, 0.1) is 29.7 Å². The third-order valence-electron chi connectivity index (χ3n) is 5.95. The van der Waals surface area contributed by atoms with Crippen LogP contribution in [0.5, 0.6) is 11.5 Å². The fraction of sp³-hybridized carbons (Fsp3) is 0.231. The lowest BCUT2D eigenvalue weighted by Crippen LogP contribution is -2.38. The highest BCUT2D eigenvalue weighted by molar-refractivity contribution is 8.16. The predicted octanol–water partition coefficient (Wildman–Crippen LogP) is 5.42. The Kier molecular flexibility index (Phi) is 6.80. The molecular weight excluding hydrogens is 523 g/mol. The van der Waals surface area contributed by atoms with Crippen LogP contribution in [0.3, 0.4) is 0 Å². The van der Waals surface area contributed by atoms with Crippen LogP contribution < -0.4 is 9.64 Å². The monoisotopic (exact) mass is 544 g/mol. The summed E-state index contributed by atoms with van der Waals surface area (Å²) in [5.74, 6) is 0.220. The average molecular weight is 545 g/mol. The van der Waals surface area contributed by atoms with Crippen molar-refractivity contribution in [3.05, 3.63) is 88.7 Å². The lowest BCUT2D eigenvalue weighted by atomic mass is 10.1. The molecule has 5 rings (SSSR count). The highest BCUT2D eigenvalue weighted by Gasteiger charge is 2.50. The van der Waals surface area contributed by atoms with E-state index in [2.05, 4.69) is 4.99 Å². The topological polar surface area (TPSA) is 76.0 Å². The van der Waals surface area contributed by atoms with Crippen LogP contribution >= 0.6 is 23.4 Å². The van der Waals surface area contributed by atoms with E-state index in [1.54, 1.807) is 35.2 Å². The van der Waals surface area contributed by atoms with E-state index in [9.17, 15) is 17.6 Å². The number of ether oxygens (including phenoxy) is 1. The molecule has 2 atom stereocenters. The van der Waals surface area contributed by atoms with Gasteiger partial charge in [-0.15, -0.1) is 0 Å². The van der Waals surface area contributed by atoms with E-state index < -0.39 is 21.8 Å². The van der Waals surface area contributed by atoms with Crippen LogP contribution in [0.2, 0.25) is 5.02 Å². The number of aliphatic imine (C=N–C) groups is 1. The molecule has 0 spiro atoms. The summed E-state index contributed by atoms with van der Waals surface area (Å²) in [6, 6.07) is 17.9. The number of carbonyl (C=O) groups is 1. The molecule has 2 heterocycles. The molecule has 36 heavy (non-hydrogen) atoms. The Morgan fingerprint density at radius 3 is 2.67 bits per heavy atom. The number of aryl methyl sites for hydroxylation is 1. The van der Waals surface area contributed by atoms with Gasteiger partial charge in [-0.25, -0.2) is 12.8 Å². The molecule has 0 N–H and O–H groups in total. The molecule has 2 aliphatic heterocycles. The number of benzene rings is 3. The van der Waals surface area contributed by atoms with Gasteiger partial charge in [-0.05, 0) is 60.5 Å². The van der Waals surface area contributed by atoms with Crippen LogP contribution in [0.15, 0.2) is 71.7 Å². The third kappa shape index (κ3) is 5.43. The quantitative estimate of drug-likeness (QED) is 0.427. The van der Waals surface area contributed by atoms with Gasteiger partial charge in [-0.3, -0.25) is 4.79 Å². The number of anilines is 1. The highest BCUT2D eigenvalue weighted by Crippen LogP contribution is 2.45. The van der Waals surface area contributed by atoms with Crippen molar-refractivity contribution in [1.29, 1.82) is 0 Å². The van der Waals surface area contributed by atoms with Crippen LogP contribution in [0.1, 0.15) is 11.1 Å². The molecule has 2 aliphatic rings. The minimum absolute atomic E-state index is 0.00135. The Bertz CT molecular complexity index is 1460. The number of halogens is 2. The van der Waals surface area contributed by atoms with E-state index in [1.165, 1.54) is 23.9 Å². The Balaban J connectivity index is 1.52. The van der Waals surface area contributed by atoms with Crippen LogP contribution in [0.25, 0.3) is 0 Å². The fourth-order valence-corrected chi connectivity index (χ4v) is 8.43. The largest absolute Gasteiger partial charge is 0.455 e. The molecule has 3 aromatic carbocycles. The van der Waals surface area contributed by atoms with Crippen molar-refractivity contribution >= 4 is 50.0 Å². The number of nitrogens with zero attached hydrogens (tertiary/aromatic N) is 2. The molecule has 3 aromatic rings. The Hall–Kier alpha value is -2.88. The van der Waals surface area contributed by atoms with Gasteiger partial charge < -0.3 is 9.64 Å². The first kappa shape index (κ1) is 24.8. The van der Waals surface area contributed by atoms with Gasteiger partial charge in [0.1, 0.15) is 11.6 Å². The van der Waals surface area contributed by atoms with Gasteiger partial charge in [0.15, 0.2) is 20.8 Å². The smallest absolute Gasteiger partial charge is 0.252 e. The van der Waals surface area contributed by atoms with Crippen molar-refractivity contribution in [3.8, 4) is 11.5 Å². The molecule has 0 unspecified atom stereocenters. The summed E-state index contributed by atoms with van der Waals surface area (Å²) < 4.78 is 44.4.